The van der Waals surface area contributed by atoms with Crippen molar-refractivity contribution >= 4 is 23.5 Å². The lowest BCUT2D eigenvalue weighted by Gasteiger charge is -2.11. The first kappa shape index (κ1) is 11.2. The molecular weight excluding hydrogens is 218 g/mol. The van der Waals surface area contributed by atoms with Crippen LogP contribution in [0.25, 0.3) is 0 Å². The van der Waals surface area contributed by atoms with Crippen LogP contribution in [0.3, 0.4) is 0 Å². The Balaban J connectivity index is 2.30. The molecule has 0 aliphatic rings. The molecule has 90 valence electrons. The topological polar surface area (TPSA) is 95.8 Å². The van der Waals surface area contributed by atoms with Crippen LogP contribution in [-0.2, 0) is 0 Å². The Morgan fingerprint density at radius 1 is 1.29 bits per heavy atom. The van der Waals surface area contributed by atoms with Gasteiger partial charge in [0.1, 0.15) is 0 Å². The average Bonchev–Trinajstić information content (AvgIpc) is 2.63. The van der Waals surface area contributed by atoms with Gasteiger partial charge in [-0.15, -0.1) is 0 Å². The van der Waals surface area contributed by atoms with Gasteiger partial charge < -0.3 is 20.9 Å². The predicted molar refractivity (Wildman–Crippen MR) is 67.4 cm³/mol. The fourth-order valence-electron chi connectivity index (χ4n) is 1.35. The van der Waals surface area contributed by atoms with Crippen molar-refractivity contribution in [3.05, 3.63) is 18.0 Å². The molecule has 0 bridgehead atoms. The van der Waals surface area contributed by atoms with E-state index in [2.05, 4.69) is 25.3 Å². The van der Waals surface area contributed by atoms with E-state index in [-0.39, 0.29) is 5.95 Å². The highest BCUT2D eigenvalue weighted by Crippen LogP contribution is 2.18. The molecule has 0 amide bonds. The molecule has 0 spiro atoms. The van der Waals surface area contributed by atoms with Crippen LogP contribution in [0.5, 0.6) is 0 Å². The first-order chi connectivity index (χ1) is 8.06. The van der Waals surface area contributed by atoms with Crippen molar-refractivity contribution in [3.8, 4) is 0 Å². The van der Waals surface area contributed by atoms with Crippen LogP contribution in [0, 0.1) is 6.92 Å². The lowest BCUT2D eigenvalue weighted by Crippen LogP contribution is -2.15. The van der Waals surface area contributed by atoms with E-state index in [9.17, 15) is 0 Å². The Kier molecular flexibility index (Phi) is 2.82. The second-order valence-corrected chi connectivity index (χ2v) is 3.85. The number of H-pyrrole nitrogens is 1. The van der Waals surface area contributed by atoms with Gasteiger partial charge in [-0.05, 0) is 13.0 Å². The van der Waals surface area contributed by atoms with Crippen molar-refractivity contribution in [1.82, 2.24) is 19.9 Å². The van der Waals surface area contributed by atoms with Crippen molar-refractivity contribution in [2.24, 2.45) is 0 Å². The molecule has 7 nitrogen and oxygen atoms in total. The lowest BCUT2D eigenvalue weighted by atomic mass is 10.4. The Morgan fingerprint density at radius 3 is 2.65 bits per heavy atom. The Labute approximate surface area is 99.1 Å². The summed E-state index contributed by atoms with van der Waals surface area (Å²) >= 11 is 0. The average molecular weight is 233 g/mol. The summed E-state index contributed by atoms with van der Waals surface area (Å²) in [7, 11) is 3.69. The van der Waals surface area contributed by atoms with Crippen LogP contribution in [0.15, 0.2) is 12.3 Å². The van der Waals surface area contributed by atoms with E-state index >= 15 is 0 Å². The van der Waals surface area contributed by atoms with E-state index in [1.54, 1.807) is 4.90 Å². The van der Waals surface area contributed by atoms with Crippen LogP contribution in [0.2, 0.25) is 0 Å². The van der Waals surface area contributed by atoms with E-state index in [4.69, 9.17) is 5.73 Å². The van der Waals surface area contributed by atoms with Crippen LogP contribution >= 0.6 is 0 Å². The second kappa shape index (κ2) is 4.28. The van der Waals surface area contributed by atoms with Crippen LogP contribution < -0.4 is 16.0 Å². The number of aromatic nitrogens is 4. The summed E-state index contributed by atoms with van der Waals surface area (Å²) in [5, 5.41) is 3.09. The normalized spacial score (nSPS) is 10.3. The Morgan fingerprint density at radius 2 is 2.06 bits per heavy atom. The molecule has 2 aromatic rings. The lowest BCUT2D eigenvalue weighted by molar-refractivity contribution is 0.969. The maximum absolute atomic E-state index is 5.63. The summed E-state index contributed by atoms with van der Waals surface area (Å²) < 4.78 is 0. The van der Waals surface area contributed by atoms with Crippen LogP contribution in [-0.4, -0.2) is 34.0 Å². The van der Waals surface area contributed by atoms with Gasteiger partial charge in [-0.2, -0.15) is 15.0 Å². The molecule has 0 aliphatic carbocycles. The van der Waals surface area contributed by atoms with Crippen molar-refractivity contribution in [3.63, 3.8) is 0 Å². The van der Waals surface area contributed by atoms with Crippen molar-refractivity contribution in [2.75, 3.05) is 30.0 Å². The summed E-state index contributed by atoms with van der Waals surface area (Å²) in [6, 6.07) is 1.91. The van der Waals surface area contributed by atoms with E-state index in [1.807, 2.05) is 33.3 Å². The van der Waals surface area contributed by atoms with Gasteiger partial charge in [-0.3, -0.25) is 0 Å². The number of hydrogen-bond donors (Lipinski definition) is 3. The summed E-state index contributed by atoms with van der Waals surface area (Å²) in [4.78, 5) is 17.1. The minimum absolute atomic E-state index is 0.194. The molecule has 2 aromatic heterocycles. The molecule has 0 saturated heterocycles. The molecule has 0 fully saturated rings. The summed E-state index contributed by atoms with van der Waals surface area (Å²) in [6.45, 7) is 1.96. The molecule has 2 rings (SSSR count). The third-order valence-electron chi connectivity index (χ3n) is 2.24. The van der Waals surface area contributed by atoms with Gasteiger partial charge in [-0.1, -0.05) is 0 Å². The summed E-state index contributed by atoms with van der Waals surface area (Å²) in [5.41, 5.74) is 7.55. The van der Waals surface area contributed by atoms with Crippen LogP contribution in [0.4, 0.5) is 23.5 Å². The second-order valence-electron chi connectivity index (χ2n) is 3.85. The zero-order valence-electron chi connectivity index (χ0n) is 10.0. The van der Waals surface area contributed by atoms with Gasteiger partial charge in [-0.25, -0.2) is 0 Å². The molecule has 4 N–H and O–H groups in total. The summed E-state index contributed by atoms with van der Waals surface area (Å²) in [6.07, 6.45) is 1.84. The number of aryl methyl sites for hydroxylation is 1. The minimum Gasteiger partial charge on any atom is -0.368 e. The van der Waals surface area contributed by atoms with E-state index in [0.29, 0.717) is 11.9 Å². The first-order valence-electron chi connectivity index (χ1n) is 5.16. The monoisotopic (exact) mass is 233 g/mol. The third kappa shape index (κ3) is 2.44. The SMILES string of the molecule is Cc1[nH]ccc1Nc1nc(N)nc(N(C)C)n1. The molecule has 2 heterocycles. The molecule has 7 heteroatoms. The molecule has 17 heavy (non-hydrogen) atoms. The Hall–Kier alpha value is -2.31. The highest BCUT2D eigenvalue weighted by molar-refractivity contribution is 5.57. The number of rotatable bonds is 3. The van der Waals surface area contributed by atoms with Crippen molar-refractivity contribution in [2.45, 2.75) is 6.92 Å². The maximum Gasteiger partial charge on any atom is 0.233 e. The van der Waals surface area contributed by atoms with Gasteiger partial charge in [0, 0.05) is 26.0 Å². The number of aromatic amines is 1. The Bertz CT molecular complexity index is 517. The van der Waals surface area contributed by atoms with Crippen LogP contribution in [0.1, 0.15) is 5.69 Å². The highest BCUT2D eigenvalue weighted by atomic mass is 15.3. The van der Waals surface area contributed by atoms with E-state index in [1.165, 1.54) is 0 Å². The van der Waals surface area contributed by atoms with Gasteiger partial charge >= 0.3 is 0 Å². The molecule has 0 aromatic carbocycles. The largest absolute Gasteiger partial charge is 0.368 e. The molecule has 0 aliphatic heterocycles. The number of anilines is 4. The zero-order valence-corrected chi connectivity index (χ0v) is 10.0. The number of nitrogen functional groups attached to an aromatic ring is 1. The van der Waals surface area contributed by atoms with Crippen molar-refractivity contribution in [1.29, 1.82) is 0 Å². The van der Waals surface area contributed by atoms with Gasteiger partial charge in [0.25, 0.3) is 0 Å². The van der Waals surface area contributed by atoms with E-state index in [0.717, 1.165) is 11.4 Å². The molecule has 0 unspecified atom stereocenters. The molecule has 0 radical (unpaired) electrons. The van der Waals surface area contributed by atoms with Gasteiger partial charge in [0.2, 0.25) is 17.8 Å². The fraction of sp³-hybridized carbons (Fsp3) is 0.300. The smallest absolute Gasteiger partial charge is 0.233 e. The quantitative estimate of drug-likeness (QED) is 0.729. The molecular formula is C10H15N7. The number of nitrogens with one attached hydrogen (secondary N) is 2. The van der Waals surface area contributed by atoms with Gasteiger partial charge in [0.05, 0.1) is 5.69 Å². The minimum atomic E-state index is 0.194. The zero-order chi connectivity index (χ0) is 12.4. The predicted octanol–water partition coefficient (Wildman–Crippen LogP) is 0.900. The first-order valence-corrected chi connectivity index (χ1v) is 5.16. The number of nitrogens with zero attached hydrogens (tertiary/aromatic N) is 4. The molecule has 0 atom stereocenters. The summed E-state index contributed by atoms with van der Waals surface area (Å²) in [5.74, 6) is 1.15. The third-order valence-corrected chi connectivity index (χ3v) is 2.24. The highest BCUT2D eigenvalue weighted by Gasteiger charge is 2.07. The number of nitrogens with two attached hydrogens (primary N) is 1. The van der Waals surface area contributed by atoms with E-state index < -0.39 is 0 Å². The van der Waals surface area contributed by atoms with Crippen molar-refractivity contribution < 1.29 is 0 Å². The van der Waals surface area contributed by atoms with Gasteiger partial charge in [0.15, 0.2) is 0 Å². The fourth-order valence-corrected chi connectivity index (χ4v) is 1.35. The standard InChI is InChI=1S/C10H15N7/c1-6-7(4-5-12-6)13-9-14-8(11)15-10(16-9)17(2)3/h4-5,12H,1-3H3,(H3,11,13,14,15,16). The maximum atomic E-state index is 5.63. The molecule has 0 saturated carbocycles. The number of hydrogen-bond acceptors (Lipinski definition) is 6.